The van der Waals surface area contributed by atoms with Gasteiger partial charge < -0.3 is 13.7 Å². The molecule has 0 spiro atoms. The Morgan fingerprint density at radius 3 is 2.77 bits per heavy atom. The number of benzene rings is 2. The standard InChI is InChI=1S/C21H16Cl2N4O3S/c22-12-5-8-17-16(9-12)24-21(29-17)31-11-19(28)27(13-6-7-13)10-18-25-26-20(30-18)14-3-1-2-4-15(14)23/h1-5,8-9,13H,6-7,10-11H2. The average molecular weight is 475 g/mol. The van der Waals surface area contributed by atoms with E-state index in [1.807, 2.05) is 18.2 Å². The van der Waals surface area contributed by atoms with Gasteiger partial charge in [-0.05, 0) is 43.2 Å². The summed E-state index contributed by atoms with van der Waals surface area (Å²) in [6, 6.07) is 12.7. The molecule has 0 saturated heterocycles. The van der Waals surface area contributed by atoms with Gasteiger partial charge in [-0.25, -0.2) is 4.98 Å². The number of oxazole rings is 1. The molecule has 2 aromatic carbocycles. The molecule has 2 aromatic heterocycles. The zero-order valence-corrected chi connectivity index (χ0v) is 18.5. The topological polar surface area (TPSA) is 85.3 Å². The molecule has 0 unspecified atom stereocenters. The molecular weight excluding hydrogens is 459 g/mol. The van der Waals surface area contributed by atoms with Gasteiger partial charge in [0.15, 0.2) is 5.58 Å². The number of fused-ring (bicyclic) bond motifs is 1. The van der Waals surface area contributed by atoms with Gasteiger partial charge in [-0.3, -0.25) is 4.79 Å². The lowest BCUT2D eigenvalue weighted by Gasteiger charge is -2.19. The number of carbonyl (C=O) groups excluding carboxylic acids is 1. The van der Waals surface area contributed by atoms with Gasteiger partial charge in [-0.2, -0.15) is 0 Å². The van der Waals surface area contributed by atoms with Crippen LogP contribution in [0.5, 0.6) is 0 Å². The Morgan fingerprint density at radius 2 is 1.97 bits per heavy atom. The van der Waals surface area contributed by atoms with Crippen molar-refractivity contribution in [3.05, 3.63) is 58.4 Å². The highest BCUT2D eigenvalue weighted by Gasteiger charge is 2.34. The minimum Gasteiger partial charge on any atom is -0.431 e. The van der Waals surface area contributed by atoms with Crippen molar-refractivity contribution in [3.8, 4) is 11.5 Å². The van der Waals surface area contributed by atoms with Crippen LogP contribution in [0.3, 0.4) is 0 Å². The molecule has 1 saturated carbocycles. The van der Waals surface area contributed by atoms with E-state index >= 15 is 0 Å². The summed E-state index contributed by atoms with van der Waals surface area (Å²) in [5.41, 5.74) is 1.97. The van der Waals surface area contributed by atoms with Crippen molar-refractivity contribution >= 4 is 52.0 Å². The summed E-state index contributed by atoms with van der Waals surface area (Å²) < 4.78 is 11.5. The summed E-state index contributed by atoms with van der Waals surface area (Å²) in [4.78, 5) is 19.1. The van der Waals surface area contributed by atoms with Crippen LogP contribution in [-0.2, 0) is 11.3 Å². The van der Waals surface area contributed by atoms with E-state index in [0.29, 0.717) is 43.7 Å². The molecule has 1 amide bonds. The zero-order chi connectivity index (χ0) is 21.4. The number of hydrogen-bond acceptors (Lipinski definition) is 7. The summed E-state index contributed by atoms with van der Waals surface area (Å²) in [6.07, 6.45) is 1.92. The zero-order valence-electron chi connectivity index (χ0n) is 16.1. The first-order valence-corrected chi connectivity index (χ1v) is 11.4. The predicted molar refractivity (Wildman–Crippen MR) is 118 cm³/mol. The Kier molecular flexibility index (Phi) is 5.60. The second-order valence-electron chi connectivity index (χ2n) is 7.11. The Morgan fingerprint density at radius 1 is 1.13 bits per heavy atom. The summed E-state index contributed by atoms with van der Waals surface area (Å²) in [7, 11) is 0. The van der Waals surface area contributed by atoms with Crippen LogP contribution in [-0.4, -0.2) is 37.8 Å². The third-order valence-corrected chi connectivity index (χ3v) is 6.21. The van der Waals surface area contributed by atoms with Gasteiger partial charge in [0, 0.05) is 11.1 Å². The number of hydrogen-bond donors (Lipinski definition) is 0. The fourth-order valence-corrected chi connectivity index (χ4v) is 4.27. The number of nitrogens with zero attached hydrogens (tertiary/aromatic N) is 4. The number of aromatic nitrogens is 3. The van der Waals surface area contributed by atoms with Crippen LogP contribution in [0.1, 0.15) is 18.7 Å². The summed E-state index contributed by atoms with van der Waals surface area (Å²) in [5.74, 6) is 0.869. The van der Waals surface area contributed by atoms with Crippen molar-refractivity contribution in [3.63, 3.8) is 0 Å². The first-order chi connectivity index (χ1) is 15.1. The van der Waals surface area contributed by atoms with Gasteiger partial charge in [0.25, 0.3) is 5.22 Å². The normalized spacial score (nSPS) is 13.6. The lowest BCUT2D eigenvalue weighted by Crippen LogP contribution is -2.34. The average Bonchev–Trinajstić information content (AvgIpc) is 3.35. The van der Waals surface area contributed by atoms with Gasteiger partial charge in [0.1, 0.15) is 5.52 Å². The largest absolute Gasteiger partial charge is 0.431 e. The fourth-order valence-electron chi connectivity index (χ4n) is 3.16. The van der Waals surface area contributed by atoms with Crippen molar-refractivity contribution in [1.29, 1.82) is 0 Å². The van der Waals surface area contributed by atoms with E-state index in [0.717, 1.165) is 12.8 Å². The molecule has 31 heavy (non-hydrogen) atoms. The summed E-state index contributed by atoms with van der Waals surface area (Å²) >= 11 is 13.4. The molecule has 0 radical (unpaired) electrons. The van der Waals surface area contributed by atoms with E-state index in [1.165, 1.54) is 11.8 Å². The second kappa shape index (κ2) is 8.53. The van der Waals surface area contributed by atoms with Crippen molar-refractivity contribution in [2.24, 2.45) is 0 Å². The molecule has 7 nitrogen and oxygen atoms in total. The molecule has 0 bridgehead atoms. The molecule has 0 atom stereocenters. The minimum atomic E-state index is -0.0368. The lowest BCUT2D eigenvalue weighted by molar-refractivity contribution is -0.129. The molecule has 1 aliphatic carbocycles. The number of halogens is 2. The highest BCUT2D eigenvalue weighted by Crippen LogP contribution is 2.32. The van der Waals surface area contributed by atoms with Gasteiger partial charge >= 0.3 is 0 Å². The number of rotatable bonds is 7. The third kappa shape index (κ3) is 4.56. The van der Waals surface area contributed by atoms with Crippen LogP contribution >= 0.6 is 35.0 Å². The summed E-state index contributed by atoms with van der Waals surface area (Å²) in [5, 5.41) is 9.74. The molecule has 0 N–H and O–H groups in total. The lowest BCUT2D eigenvalue weighted by atomic mass is 10.2. The van der Waals surface area contributed by atoms with Gasteiger partial charge in [-0.15, -0.1) is 10.2 Å². The maximum absolute atomic E-state index is 12.9. The minimum absolute atomic E-state index is 0.0368. The highest BCUT2D eigenvalue weighted by molar-refractivity contribution is 7.99. The molecule has 1 fully saturated rings. The maximum Gasteiger partial charge on any atom is 0.257 e. The molecule has 0 aliphatic heterocycles. The highest BCUT2D eigenvalue weighted by atomic mass is 35.5. The quantitative estimate of drug-likeness (QED) is 0.328. The van der Waals surface area contributed by atoms with Crippen LogP contribution in [0.25, 0.3) is 22.6 Å². The molecule has 5 rings (SSSR count). The first kappa shape index (κ1) is 20.4. The smallest absolute Gasteiger partial charge is 0.257 e. The number of amides is 1. The van der Waals surface area contributed by atoms with Gasteiger partial charge in [-0.1, -0.05) is 47.1 Å². The van der Waals surface area contributed by atoms with E-state index in [9.17, 15) is 4.79 Å². The molecule has 158 valence electrons. The van der Waals surface area contributed by atoms with E-state index in [-0.39, 0.29) is 24.2 Å². The van der Waals surface area contributed by atoms with Crippen molar-refractivity contribution in [2.45, 2.75) is 30.7 Å². The van der Waals surface area contributed by atoms with Crippen LogP contribution < -0.4 is 0 Å². The van der Waals surface area contributed by atoms with Crippen molar-refractivity contribution in [1.82, 2.24) is 20.1 Å². The van der Waals surface area contributed by atoms with E-state index in [4.69, 9.17) is 32.0 Å². The Hall–Kier alpha value is -2.55. The fraction of sp³-hybridized carbons (Fsp3) is 0.238. The first-order valence-electron chi connectivity index (χ1n) is 9.62. The van der Waals surface area contributed by atoms with E-state index in [2.05, 4.69) is 15.2 Å². The van der Waals surface area contributed by atoms with Crippen LogP contribution in [0.4, 0.5) is 0 Å². The van der Waals surface area contributed by atoms with Crippen LogP contribution in [0.2, 0.25) is 10.0 Å². The number of carbonyl (C=O) groups is 1. The molecule has 1 aliphatic rings. The van der Waals surface area contributed by atoms with Crippen LogP contribution in [0.15, 0.2) is 56.5 Å². The molecule has 4 aromatic rings. The molecular formula is C21H16Cl2N4O3S. The Balaban J connectivity index is 1.26. The van der Waals surface area contributed by atoms with Gasteiger partial charge in [0.05, 0.1) is 22.9 Å². The van der Waals surface area contributed by atoms with Crippen LogP contribution in [0, 0.1) is 0 Å². The third-order valence-electron chi connectivity index (χ3n) is 4.83. The van der Waals surface area contributed by atoms with Crippen molar-refractivity contribution < 1.29 is 13.6 Å². The SMILES string of the molecule is O=C(CSc1nc2cc(Cl)ccc2o1)N(Cc1nnc(-c2ccccc2Cl)o1)C1CC1. The monoisotopic (exact) mass is 474 g/mol. The number of thioether (sulfide) groups is 1. The Labute approximate surface area is 191 Å². The maximum atomic E-state index is 12.9. The van der Waals surface area contributed by atoms with E-state index in [1.54, 1.807) is 29.2 Å². The Bertz CT molecular complexity index is 1250. The predicted octanol–water partition coefficient (Wildman–Crippen LogP) is 5.47. The van der Waals surface area contributed by atoms with Crippen molar-refractivity contribution in [2.75, 3.05) is 5.75 Å². The molecule has 10 heteroatoms. The van der Waals surface area contributed by atoms with Gasteiger partial charge in [0.2, 0.25) is 17.7 Å². The summed E-state index contributed by atoms with van der Waals surface area (Å²) in [6.45, 7) is 0.255. The van der Waals surface area contributed by atoms with E-state index < -0.39 is 0 Å². The second-order valence-corrected chi connectivity index (χ2v) is 8.88. The molecule has 2 heterocycles.